The number of nitrogens with zero attached hydrogens (tertiary/aromatic N) is 1. The van der Waals surface area contributed by atoms with E-state index in [1.807, 2.05) is 13.8 Å². The van der Waals surface area contributed by atoms with Crippen LogP contribution in [0.15, 0.2) is 0 Å². The minimum absolute atomic E-state index is 0.152. The molecule has 0 radical (unpaired) electrons. The van der Waals surface area contributed by atoms with E-state index < -0.39 is 0 Å². The van der Waals surface area contributed by atoms with Crippen LogP contribution in [0, 0.1) is 5.92 Å². The lowest BCUT2D eigenvalue weighted by Crippen LogP contribution is -2.47. The summed E-state index contributed by atoms with van der Waals surface area (Å²) in [6, 6.07) is 0.232. The zero-order valence-corrected chi connectivity index (χ0v) is 13.3. The lowest BCUT2D eigenvalue weighted by atomic mass is 9.96. The van der Waals surface area contributed by atoms with Crippen molar-refractivity contribution >= 4 is 5.91 Å². The summed E-state index contributed by atoms with van der Waals surface area (Å²) in [5, 5.41) is 6.54. The van der Waals surface area contributed by atoms with Crippen LogP contribution in [0.3, 0.4) is 0 Å². The van der Waals surface area contributed by atoms with Gasteiger partial charge in [0.05, 0.1) is 6.54 Å². The summed E-state index contributed by atoms with van der Waals surface area (Å²) in [7, 11) is 0. The molecule has 0 bridgehead atoms. The van der Waals surface area contributed by atoms with E-state index in [1.54, 1.807) is 0 Å². The number of nitrogens with one attached hydrogen (secondary N) is 2. The molecule has 0 aliphatic carbocycles. The maximum atomic E-state index is 11.8. The molecular formula is C15H31N3O. The predicted octanol–water partition coefficient (Wildman–Crippen LogP) is 1.61. The van der Waals surface area contributed by atoms with Gasteiger partial charge in [-0.25, -0.2) is 0 Å². The minimum atomic E-state index is 0.152. The number of hydrogen-bond donors (Lipinski definition) is 2. The second-order valence-electron chi connectivity index (χ2n) is 7.10. The number of likely N-dealkylation sites (tertiary alicyclic amines) is 1. The summed E-state index contributed by atoms with van der Waals surface area (Å²) in [5.41, 5.74) is 0.178. The third-order valence-corrected chi connectivity index (χ3v) is 3.34. The molecule has 0 aromatic carbocycles. The van der Waals surface area contributed by atoms with Gasteiger partial charge in [0, 0.05) is 18.1 Å². The van der Waals surface area contributed by atoms with Crippen molar-refractivity contribution in [3.05, 3.63) is 0 Å². The smallest absolute Gasteiger partial charge is 0.234 e. The van der Waals surface area contributed by atoms with Crippen LogP contribution in [-0.4, -0.2) is 48.6 Å². The number of carbonyl (C=O) groups excluding carboxylic acids is 1. The van der Waals surface area contributed by atoms with Gasteiger partial charge in [0.2, 0.25) is 5.91 Å². The number of rotatable bonds is 5. The fourth-order valence-electron chi connectivity index (χ4n) is 2.48. The van der Waals surface area contributed by atoms with Crippen LogP contribution in [0.2, 0.25) is 0 Å². The van der Waals surface area contributed by atoms with Crippen molar-refractivity contribution in [1.82, 2.24) is 15.5 Å². The minimum Gasteiger partial charge on any atom is -0.353 e. The van der Waals surface area contributed by atoms with Gasteiger partial charge in [0.15, 0.2) is 0 Å². The van der Waals surface area contributed by atoms with E-state index in [2.05, 4.69) is 36.3 Å². The van der Waals surface area contributed by atoms with Gasteiger partial charge in [-0.1, -0.05) is 0 Å². The summed E-state index contributed by atoms with van der Waals surface area (Å²) in [4.78, 5) is 14.1. The predicted molar refractivity (Wildman–Crippen MR) is 80.2 cm³/mol. The quantitative estimate of drug-likeness (QED) is 0.797. The van der Waals surface area contributed by atoms with Gasteiger partial charge in [0.25, 0.3) is 0 Å². The lowest BCUT2D eigenvalue weighted by Gasteiger charge is -2.34. The first kappa shape index (κ1) is 16.4. The topological polar surface area (TPSA) is 44.4 Å². The SMILES string of the molecule is CC(C)NC(=O)CN1CCCC(CNC(C)(C)C)C1. The molecule has 4 heteroatoms. The second kappa shape index (κ2) is 7.25. The normalized spacial score (nSPS) is 21.7. The van der Waals surface area contributed by atoms with E-state index in [9.17, 15) is 4.79 Å². The Morgan fingerprint density at radius 3 is 2.63 bits per heavy atom. The maximum absolute atomic E-state index is 11.8. The van der Waals surface area contributed by atoms with Crippen molar-refractivity contribution in [2.75, 3.05) is 26.2 Å². The lowest BCUT2D eigenvalue weighted by molar-refractivity contribution is -0.123. The highest BCUT2D eigenvalue weighted by Gasteiger charge is 2.22. The largest absolute Gasteiger partial charge is 0.353 e. The van der Waals surface area contributed by atoms with Crippen LogP contribution in [0.5, 0.6) is 0 Å². The highest BCUT2D eigenvalue weighted by molar-refractivity contribution is 5.78. The Labute approximate surface area is 118 Å². The van der Waals surface area contributed by atoms with Gasteiger partial charge in [-0.3, -0.25) is 9.69 Å². The van der Waals surface area contributed by atoms with E-state index in [4.69, 9.17) is 0 Å². The average molecular weight is 269 g/mol. The first-order chi connectivity index (χ1) is 8.76. The fourth-order valence-corrected chi connectivity index (χ4v) is 2.48. The molecule has 0 aromatic rings. The van der Waals surface area contributed by atoms with Crippen molar-refractivity contribution in [2.24, 2.45) is 5.92 Å². The summed E-state index contributed by atoms with van der Waals surface area (Å²) in [5.74, 6) is 0.819. The number of piperidine rings is 1. The molecule has 4 nitrogen and oxygen atoms in total. The number of hydrogen-bond acceptors (Lipinski definition) is 3. The monoisotopic (exact) mass is 269 g/mol. The van der Waals surface area contributed by atoms with E-state index in [0.717, 1.165) is 19.6 Å². The molecule has 1 aliphatic rings. The maximum Gasteiger partial charge on any atom is 0.234 e. The Bertz CT molecular complexity index is 284. The van der Waals surface area contributed by atoms with E-state index in [1.165, 1.54) is 12.8 Å². The van der Waals surface area contributed by atoms with Crippen LogP contribution in [0.4, 0.5) is 0 Å². The molecule has 1 fully saturated rings. The van der Waals surface area contributed by atoms with Crippen LogP contribution in [-0.2, 0) is 4.79 Å². The van der Waals surface area contributed by atoms with Crippen molar-refractivity contribution in [1.29, 1.82) is 0 Å². The molecule has 1 saturated heterocycles. The third-order valence-electron chi connectivity index (χ3n) is 3.34. The van der Waals surface area contributed by atoms with Gasteiger partial charge < -0.3 is 10.6 Å². The molecule has 1 heterocycles. The van der Waals surface area contributed by atoms with Gasteiger partial charge >= 0.3 is 0 Å². The Morgan fingerprint density at radius 1 is 1.37 bits per heavy atom. The summed E-state index contributed by atoms with van der Waals surface area (Å²) >= 11 is 0. The second-order valence-corrected chi connectivity index (χ2v) is 7.10. The number of carbonyl (C=O) groups is 1. The third kappa shape index (κ3) is 7.53. The van der Waals surface area contributed by atoms with Crippen LogP contribution in [0.25, 0.3) is 0 Å². The zero-order chi connectivity index (χ0) is 14.5. The summed E-state index contributed by atoms with van der Waals surface area (Å²) in [6.45, 7) is 14.3. The zero-order valence-electron chi connectivity index (χ0n) is 13.3. The van der Waals surface area contributed by atoms with Gasteiger partial charge in [-0.05, 0) is 66.5 Å². The fraction of sp³-hybridized carbons (Fsp3) is 0.933. The molecule has 0 spiro atoms. The molecule has 0 saturated carbocycles. The Hall–Kier alpha value is -0.610. The molecule has 112 valence electrons. The highest BCUT2D eigenvalue weighted by atomic mass is 16.2. The van der Waals surface area contributed by atoms with Crippen molar-refractivity contribution in [3.8, 4) is 0 Å². The molecule has 1 aliphatic heterocycles. The molecular weight excluding hydrogens is 238 g/mol. The van der Waals surface area contributed by atoms with Crippen molar-refractivity contribution in [2.45, 2.75) is 59.0 Å². The Kier molecular flexibility index (Phi) is 6.27. The molecule has 19 heavy (non-hydrogen) atoms. The van der Waals surface area contributed by atoms with Crippen molar-refractivity contribution < 1.29 is 4.79 Å². The van der Waals surface area contributed by atoms with Gasteiger partial charge in [-0.2, -0.15) is 0 Å². The summed E-state index contributed by atoms with van der Waals surface area (Å²) in [6.07, 6.45) is 2.47. The molecule has 1 unspecified atom stereocenters. The van der Waals surface area contributed by atoms with Crippen LogP contribution >= 0.6 is 0 Å². The molecule has 1 amide bonds. The van der Waals surface area contributed by atoms with Crippen LogP contribution in [0.1, 0.15) is 47.5 Å². The van der Waals surface area contributed by atoms with E-state index >= 15 is 0 Å². The standard InChI is InChI=1S/C15H31N3O/c1-12(2)17-14(19)11-18-8-6-7-13(10-18)9-16-15(3,4)5/h12-13,16H,6-11H2,1-5H3,(H,17,19). The van der Waals surface area contributed by atoms with Gasteiger partial charge in [0.1, 0.15) is 0 Å². The molecule has 1 atom stereocenters. The van der Waals surface area contributed by atoms with Crippen molar-refractivity contribution in [3.63, 3.8) is 0 Å². The molecule has 1 rings (SSSR count). The molecule has 2 N–H and O–H groups in total. The first-order valence-corrected chi connectivity index (χ1v) is 7.53. The number of amides is 1. The average Bonchev–Trinajstić information content (AvgIpc) is 2.24. The highest BCUT2D eigenvalue weighted by Crippen LogP contribution is 2.16. The summed E-state index contributed by atoms with van der Waals surface area (Å²) < 4.78 is 0. The Morgan fingerprint density at radius 2 is 2.05 bits per heavy atom. The van der Waals surface area contributed by atoms with Gasteiger partial charge in [-0.15, -0.1) is 0 Å². The van der Waals surface area contributed by atoms with E-state index in [0.29, 0.717) is 12.5 Å². The van der Waals surface area contributed by atoms with Crippen LogP contribution < -0.4 is 10.6 Å². The first-order valence-electron chi connectivity index (χ1n) is 7.53. The van der Waals surface area contributed by atoms with E-state index in [-0.39, 0.29) is 17.5 Å². The molecule has 0 aromatic heterocycles. The Balaban J connectivity index is 2.31.